The number of hydrogen-bond donors (Lipinski definition) is 2. The third-order valence-corrected chi connectivity index (χ3v) is 3.06. The Morgan fingerprint density at radius 1 is 1.56 bits per heavy atom. The molecule has 0 atom stereocenters. The van der Waals surface area contributed by atoms with Crippen molar-refractivity contribution in [3.8, 4) is 0 Å². The van der Waals surface area contributed by atoms with Gasteiger partial charge in [-0.15, -0.1) is 0 Å². The van der Waals surface area contributed by atoms with Crippen molar-refractivity contribution in [3.05, 3.63) is 46.1 Å². The van der Waals surface area contributed by atoms with E-state index in [0.29, 0.717) is 17.9 Å². The Morgan fingerprint density at radius 2 is 2.33 bits per heavy atom. The molecule has 0 spiro atoms. The lowest BCUT2D eigenvalue weighted by atomic mass is 10.2. The zero-order valence-electron chi connectivity index (χ0n) is 9.85. The number of nitrogens with two attached hydrogens (primary N) is 1. The van der Waals surface area contributed by atoms with Gasteiger partial charge in [-0.3, -0.25) is 9.48 Å². The average molecular weight is 309 g/mol. The Hall–Kier alpha value is -1.82. The second kappa shape index (κ2) is 5.22. The van der Waals surface area contributed by atoms with Gasteiger partial charge in [0.25, 0.3) is 5.91 Å². The van der Waals surface area contributed by atoms with Crippen molar-refractivity contribution in [1.82, 2.24) is 15.1 Å². The number of halogens is 1. The van der Waals surface area contributed by atoms with Crippen molar-refractivity contribution in [2.24, 2.45) is 7.05 Å². The number of nitrogens with one attached hydrogen (secondary N) is 1. The number of nitrogens with zero attached hydrogens (tertiary/aromatic N) is 2. The molecule has 1 heterocycles. The Kier molecular flexibility index (Phi) is 3.66. The number of benzene rings is 1. The summed E-state index contributed by atoms with van der Waals surface area (Å²) in [6.45, 7) is 0.451. The van der Waals surface area contributed by atoms with E-state index in [9.17, 15) is 4.79 Å². The van der Waals surface area contributed by atoms with Crippen LogP contribution in [0.15, 0.2) is 34.9 Å². The Morgan fingerprint density at radius 3 is 2.94 bits per heavy atom. The Labute approximate surface area is 113 Å². The zero-order valence-corrected chi connectivity index (χ0v) is 11.4. The van der Waals surface area contributed by atoms with E-state index in [1.165, 1.54) is 10.9 Å². The molecular formula is C12H13BrN4O. The quantitative estimate of drug-likeness (QED) is 0.906. The molecule has 0 bridgehead atoms. The SMILES string of the molecule is Cn1ncc(C(=O)NCc2cccc(Br)c2)c1N. The van der Waals surface area contributed by atoms with Crippen LogP contribution in [0.4, 0.5) is 5.82 Å². The number of aryl methyl sites for hydroxylation is 1. The van der Waals surface area contributed by atoms with Gasteiger partial charge in [-0.25, -0.2) is 0 Å². The lowest BCUT2D eigenvalue weighted by Gasteiger charge is -2.05. The molecule has 1 amide bonds. The fourth-order valence-corrected chi connectivity index (χ4v) is 1.99. The Balaban J connectivity index is 2.03. The first kappa shape index (κ1) is 12.6. The van der Waals surface area contributed by atoms with Gasteiger partial charge in [-0.1, -0.05) is 28.1 Å². The van der Waals surface area contributed by atoms with Crippen LogP contribution < -0.4 is 11.1 Å². The molecule has 6 heteroatoms. The first-order chi connectivity index (χ1) is 8.58. The number of carbonyl (C=O) groups is 1. The normalized spacial score (nSPS) is 10.3. The second-order valence-electron chi connectivity index (χ2n) is 3.88. The minimum Gasteiger partial charge on any atom is -0.383 e. The fourth-order valence-electron chi connectivity index (χ4n) is 1.55. The molecule has 1 aromatic heterocycles. The van der Waals surface area contributed by atoms with Gasteiger partial charge in [0.1, 0.15) is 11.4 Å². The largest absolute Gasteiger partial charge is 0.383 e. The van der Waals surface area contributed by atoms with Gasteiger partial charge in [0, 0.05) is 18.1 Å². The summed E-state index contributed by atoms with van der Waals surface area (Å²) in [4.78, 5) is 11.9. The highest BCUT2D eigenvalue weighted by Gasteiger charge is 2.12. The molecule has 0 aliphatic heterocycles. The first-order valence-corrected chi connectivity index (χ1v) is 6.17. The molecule has 0 saturated heterocycles. The van der Waals surface area contributed by atoms with Crippen molar-refractivity contribution in [1.29, 1.82) is 0 Å². The second-order valence-corrected chi connectivity index (χ2v) is 4.80. The van der Waals surface area contributed by atoms with Gasteiger partial charge in [0.05, 0.1) is 6.20 Å². The number of aromatic nitrogens is 2. The molecular weight excluding hydrogens is 296 g/mol. The highest BCUT2D eigenvalue weighted by Crippen LogP contribution is 2.12. The van der Waals surface area contributed by atoms with Crippen molar-refractivity contribution >= 4 is 27.7 Å². The smallest absolute Gasteiger partial charge is 0.256 e. The first-order valence-electron chi connectivity index (χ1n) is 5.38. The van der Waals surface area contributed by atoms with Gasteiger partial charge in [-0.05, 0) is 17.7 Å². The summed E-state index contributed by atoms with van der Waals surface area (Å²) in [6.07, 6.45) is 1.46. The van der Waals surface area contributed by atoms with E-state index in [0.717, 1.165) is 10.0 Å². The predicted octanol–water partition coefficient (Wildman–Crippen LogP) is 1.69. The maximum absolute atomic E-state index is 11.9. The van der Waals surface area contributed by atoms with E-state index in [1.54, 1.807) is 7.05 Å². The van der Waals surface area contributed by atoms with E-state index in [1.807, 2.05) is 24.3 Å². The van der Waals surface area contributed by atoms with Gasteiger partial charge in [-0.2, -0.15) is 5.10 Å². The summed E-state index contributed by atoms with van der Waals surface area (Å²) < 4.78 is 2.45. The molecule has 0 aliphatic rings. The highest BCUT2D eigenvalue weighted by molar-refractivity contribution is 9.10. The van der Waals surface area contributed by atoms with E-state index in [4.69, 9.17) is 5.73 Å². The van der Waals surface area contributed by atoms with Gasteiger partial charge in [0.15, 0.2) is 0 Å². The highest BCUT2D eigenvalue weighted by atomic mass is 79.9. The number of rotatable bonds is 3. The van der Waals surface area contributed by atoms with E-state index < -0.39 is 0 Å². The van der Waals surface area contributed by atoms with E-state index in [-0.39, 0.29) is 5.91 Å². The summed E-state index contributed by atoms with van der Waals surface area (Å²) in [7, 11) is 1.69. The molecule has 0 unspecified atom stereocenters. The summed E-state index contributed by atoms with van der Waals surface area (Å²) in [5.41, 5.74) is 7.14. The number of nitrogen functional groups attached to an aromatic ring is 1. The van der Waals surface area contributed by atoms with Gasteiger partial charge in [0.2, 0.25) is 0 Å². The topological polar surface area (TPSA) is 72.9 Å². The van der Waals surface area contributed by atoms with Gasteiger partial charge < -0.3 is 11.1 Å². The molecule has 5 nitrogen and oxygen atoms in total. The number of carbonyl (C=O) groups excluding carboxylic acids is 1. The Bertz CT molecular complexity index is 579. The summed E-state index contributed by atoms with van der Waals surface area (Å²) in [5.74, 6) is 0.141. The van der Waals surface area contributed by atoms with Crippen molar-refractivity contribution in [3.63, 3.8) is 0 Å². The molecule has 3 N–H and O–H groups in total. The van der Waals surface area contributed by atoms with Crippen molar-refractivity contribution in [2.75, 3.05) is 5.73 Å². The molecule has 0 aliphatic carbocycles. The monoisotopic (exact) mass is 308 g/mol. The maximum atomic E-state index is 11.9. The lowest BCUT2D eigenvalue weighted by Crippen LogP contribution is -2.23. The maximum Gasteiger partial charge on any atom is 0.256 e. The van der Waals surface area contributed by atoms with Crippen LogP contribution in [0.1, 0.15) is 15.9 Å². The molecule has 1 aromatic carbocycles. The molecule has 0 fully saturated rings. The van der Waals surface area contributed by atoms with Crippen LogP contribution in [-0.4, -0.2) is 15.7 Å². The molecule has 0 saturated carbocycles. The van der Waals surface area contributed by atoms with Crippen LogP contribution in [0.2, 0.25) is 0 Å². The number of anilines is 1. The summed E-state index contributed by atoms with van der Waals surface area (Å²) in [5, 5.41) is 6.73. The van der Waals surface area contributed by atoms with Crippen LogP contribution in [0.5, 0.6) is 0 Å². The average Bonchev–Trinajstić information content (AvgIpc) is 2.67. The van der Waals surface area contributed by atoms with Gasteiger partial charge >= 0.3 is 0 Å². The third kappa shape index (κ3) is 2.70. The number of hydrogen-bond acceptors (Lipinski definition) is 3. The number of amides is 1. The van der Waals surface area contributed by atoms with Crippen LogP contribution in [0.3, 0.4) is 0 Å². The summed E-state index contributed by atoms with van der Waals surface area (Å²) >= 11 is 3.38. The predicted molar refractivity (Wildman–Crippen MR) is 72.9 cm³/mol. The van der Waals surface area contributed by atoms with E-state index >= 15 is 0 Å². The molecule has 2 rings (SSSR count). The lowest BCUT2D eigenvalue weighted by molar-refractivity contribution is 0.0952. The minimum absolute atomic E-state index is 0.222. The van der Waals surface area contributed by atoms with Crippen LogP contribution in [0.25, 0.3) is 0 Å². The summed E-state index contributed by atoms with van der Waals surface area (Å²) in [6, 6.07) is 7.75. The molecule has 0 radical (unpaired) electrons. The van der Waals surface area contributed by atoms with Crippen LogP contribution in [0, 0.1) is 0 Å². The van der Waals surface area contributed by atoms with Crippen LogP contribution in [-0.2, 0) is 13.6 Å². The molecule has 94 valence electrons. The zero-order chi connectivity index (χ0) is 13.1. The molecule has 18 heavy (non-hydrogen) atoms. The third-order valence-electron chi connectivity index (χ3n) is 2.57. The van der Waals surface area contributed by atoms with Crippen molar-refractivity contribution in [2.45, 2.75) is 6.54 Å². The van der Waals surface area contributed by atoms with Crippen molar-refractivity contribution < 1.29 is 4.79 Å². The fraction of sp³-hybridized carbons (Fsp3) is 0.167. The minimum atomic E-state index is -0.222. The standard InChI is InChI=1S/C12H13BrN4O/c1-17-11(14)10(7-16-17)12(18)15-6-8-3-2-4-9(13)5-8/h2-5,7H,6,14H2,1H3,(H,15,18). The van der Waals surface area contributed by atoms with E-state index in [2.05, 4.69) is 26.3 Å². The molecule has 2 aromatic rings. The van der Waals surface area contributed by atoms with Crippen LogP contribution >= 0.6 is 15.9 Å².